The molecule has 2 rings (SSSR count). The molecule has 1 aromatic heterocycles. The minimum absolute atomic E-state index is 0.0853. The second-order valence-corrected chi connectivity index (χ2v) is 7.05. The van der Waals surface area contributed by atoms with Gasteiger partial charge in [0.1, 0.15) is 10.7 Å². The summed E-state index contributed by atoms with van der Waals surface area (Å²) in [6.45, 7) is 1.42. The molecule has 1 aromatic rings. The lowest BCUT2D eigenvalue weighted by Crippen LogP contribution is -2.38. The largest absolute Gasteiger partial charge is 0.372 e. The van der Waals surface area contributed by atoms with Crippen LogP contribution in [0.5, 0.6) is 0 Å². The maximum absolute atomic E-state index is 12.2. The van der Waals surface area contributed by atoms with Crippen LogP contribution in [0.2, 0.25) is 5.02 Å². The van der Waals surface area contributed by atoms with E-state index in [2.05, 4.69) is 19.9 Å². The summed E-state index contributed by atoms with van der Waals surface area (Å²) in [5.74, 6) is 0.459. The third-order valence-electron chi connectivity index (χ3n) is 3.54. The lowest BCUT2D eigenvalue weighted by Gasteiger charge is -2.19. The van der Waals surface area contributed by atoms with Crippen LogP contribution in [-0.4, -0.2) is 51.5 Å². The van der Waals surface area contributed by atoms with E-state index in [4.69, 9.17) is 11.6 Å². The van der Waals surface area contributed by atoms with E-state index < -0.39 is 10.0 Å². The van der Waals surface area contributed by atoms with Crippen LogP contribution in [0.1, 0.15) is 12.8 Å². The van der Waals surface area contributed by atoms with Gasteiger partial charge in [-0.25, -0.2) is 18.1 Å². The first-order valence-corrected chi connectivity index (χ1v) is 8.33. The topological polar surface area (TPSA) is 74.3 Å². The number of likely N-dealkylation sites (N-methyl/N-ethyl adjacent to an activating group) is 1. The Labute approximate surface area is 124 Å². The summed E-state index contributed by atoms with van der Waals surface area (Å²) in [7, 11) is 0.113. The number of aromatic nitrogens is 1. The van der Waals surface area contributed by atoms with Crippen molar-refractivity contribution in [2.24, 2.45) is 0 Å². The molecule has 1 unspecified atom stereocenters. The normalized spacial score (nSPS) is 20.2. The fourth-order valence-electron chi connectivity index (χ4n) is 2.28. The van der Waals surface area contributed by atoms with Crippen molar-refractivity contribution in [3.05, 3.63) is 17.3 Å². The van der Waals surface area contributed by atoms with E-state index in [-0.39, 0.29) is 16.0 Å². The summed E-state index contributed by atoms with van der Waals surface area (Å²) < 4.78 is 27.0. The molecule has 0 aliphatic carbocycles. The molecule has 1 fully saturated rings. The Bertz CT molecular complexity index is 579. The molecule has 2 heterocycles. The van der Waals surface area contributed by atoms with Crippen LogP contribution in [0, 0.1) is 0 Å². The van der Waals surface area contributed by atoms with Gasteiger partial charge in [0.15, 0.2) is 0 Å². The molecule has 1 saturated heterocycles. The highest BCUT2D eigenvalue weighted by Crippen LogP contribution is 2.22. The quantitative estimate of drug-likeness (QED) is 0.852. The monoisotopic (exact) mass is 318 g/mol. The summed E-state index contributed by atoms with van der Waals surface area (Å²) >= 11 is 5.96. The molecule has 0 spiro atoms. The Morgan fingerprint density at radius 1 is 1.55 bits per heavy atom. The molecule has 0 saturated carbocycles. The van der Waals surface area contributed by atoms with Crippen LogP contribution in [0.4, 0.5) is 5.82 Å². The van der Waals surface area contributed by atoms with Gasteiger partial charge in [-0.15, -0.1) is 0 Å². The summed E-state index contributed by atoms with van der Waals surface area (Å²) in [6, 6.07) is 1.66. The van der Waals surface area contributed by atoms with E-state index in [0.29, 0.717) is 12.4 Å². The summed E-state index contributed by atoms with van der Waals surface area (Å²) in [5.41, 5.74) is 0. The van der Waals surface area contributed by atoms with Crippen molar-refractivity contribution in [2.75, 3.05) is 32.5 Å². The molecule has 0 radical (unpaired) electrons. The van der Waals surface area contributed by atoms with E-state index in [9.17, 15) is 8.42 Å². The molecule has 2 N–H and O–H groups in total. The molecule has 8 heteroatoms. The van der Waals surface area contributed by atoms with Gasteiger partial charge in [0, 0.05) is 25.8 Å². The van der Waals surface area contributed by atoms with E-state index in [0.717, 1.165) is 19.4 Å². The lowest BCUT2D eigenvalue weighted by atomic mass is 10.2. The van der Waals surface area contributed by atoms with Crippen LogP contribution >= 0.6 is 11.6 Å². The van der Waals surface area contributed by atoms with Crippen molar-refractivity contribution in [3.8, 4) is 0 Å². The van der Waals surface area contributed by atoms with E-state index in [1.54, 1.807) is 7.05 Å². The van der Waals surface area contributed by atoms with Gasteiger partial charge < -0.3 is 10.2 Å². The number of hydrogen-bond acceptors (Lipinski definition) is 5. The van der Waals surface area contributed by atoms with Gasteiger partial charge in [-0.05, 0) is 32.5 Å². The fourth-order valence-corrected chi connectivity index (χ4v) is 3.65. The average Bonchev–Trinajstić information content (AvgIpc) is 2.82. The second-order valence-electron chi connectivity index (χ2n) is 4.88. The zero-order chi connectivity index (χ0) is 14.8. The van der Waals surface area contributed by atoms with Crippen LogP contribution in [0.25, 0.3) is 0 Å². The molecular weight excluding hydrogens is 300 g/mol. The number of rotatable bonds is 5. The van der Waals surface area contributed by atoms with Crippen LogP contribution in [0.15, 0.2) is 17.2 Å². The van der Waals surface area contributed by atoms with Crippen molar-refractivity contribution < 1.29 is 8.42 Å². The number of pyridine rings is 1. The SMILES string of the molecule is CNc1ncc(S(=O)(=O)NCC2CCCN2C)cc1Cl. The van der Waals surface area contributed by atoms with Gasteiger partial charge in [0.2, 0.25) is 10.0 Å². The molecule has 6 nitrogen and oxygen atoms in total. The molecular formula is C12H19ClN4O2S. The lowest BCUT2D eigenvalue weighted by molar-refractivity contribution is 0.311. The molecule has 1 aliphatic rings. The number of nitrogens with one attached hydrogen (secondary N) is 2. The molecule has 112 valence electrons. The number of sulfonamides is 1. The Morgan fingerprint density at radius 2 is 2.30 bits per heavy atom. The van der Waals surface area contributed by atoms with E-state index in [1.165, 1.54) is 12.3 Å². The van der Waals surface area contributed by atoms with Gasteiger partial charge in [-0.1, -0.05) is 11.6 Å². The molecule has 20 heavy (non-hydrogen) atoms. The van der Waals surface area contributed by atoms with Crippen molar-refractivity contribution in [3.63, 3.8) is 0 Å². The summed E-state index contributed by atoms with van der Waals surface area (Å²) in [5, 5.41) is 3.08. The number of hydrogen-bond donors (Lipinski definition) is 2. The first-order valence-electron chi connectivity index (χ1n) is 6.47. The molecule has 0 amide bonds. The summed E-state index contributed by atoms with van der Waals surface area (Å²) in [6.07, 6.45) is 3.42. The standard InChI is InChI=1S/C12H19ClN4O2S/c1-14-12-11(13)6-10(8-15-12)20(18,19)16-7-9-4-3-5-17(9)2/h6,8-9,16H,3-5,7H2,1-2H3,(H,14,15). The number of likely N-dealkylation sites (tertiary alicyclic amines) is 1. The molecule has 1 atom stereocenters. The van der Waals surface area contributed by atoms with Gasteiger partial charge in [0.05, 0.1) is 5.02 Å². The minimum atomic E-state index is -3.57. The minimum Gasteiger partial charge on any atom is -0.372 e. The molecule has 1 aliphatic heterocycles. The van der Waals surface area contributed by atoms with Gasteiger partial charge in [0.25, 0.3) is 0 Å². The zero-order valence-electron chi connectivity index (χ0n) is 11.6. The van der Waals surface area contributed by atoms with Crippen LogP contribution in [-0.2, 0) is 10.0 Å². The highest BCUT2D eigenvalue weighted by atomic mass is 35.5. The Kier molecular flexibility index (Phi) is 4.85. The maximum atomic E-state index is 12.2. The molecule has 0 aromatic carbocycles. The fraction of sp³-hybridized carbons (Fsp3) is 0.583. The number of halogens is 1. The predicted molar refractivity (Wildman–Crippen MR) is 79.6 cm³/mol. The van der Waals surface area contributed by atoms with Gasteiger partial charge in [-0.3, -0.25) is 0 Å². The van der Waals surface area contributed by atoms with Crippen LogP contribution in [0.3, 0.4) is 0 Å². The predicted octanol–water partition coefficient (Wildman–Crippen LogP) is 1.15. The van der Waals surface area contributed by atoms with Gasteiger partial charge >= 0.3 is 0 Å². The van der Waals surface area contributed by atoms with Crippen molar-refractivity contribution in [1.82, 2.24) is 14.6 Å². The molecule has 0 bridgehead atoms. The zero-order valence-corrected chi connectivity index (χ0v) is 13.1. The summed E-state index contributed by atoms with van der Waals surface area (Å²) in [4.78, 5) is 6.23. The average molecular weight is 319 g/mol. The van der Waals surface area contributed by atoms with Crippen molar-refractivity contribution in [1.29, 1.82) is 0 Å². The highest BCUT2D eigenvalue weighted by molar-refractivity contribution is 7.89. The highest BCUT2D eigenvalue weighted by Gasteiger charge is 2.24. The third-order valence-corrected chi connectivity index (χ3v) is 5.22. The van der Waals surface area contributed by atoms with Crippen LogP contribution < -0.4 is 10.0 Å². The Hall–Kier alpha value is -0.890. The Balaban J connectivity index is 2.08. The Morgan fingerprint density at radius 3 is 2.85 bits per heavy atom. The van der Waals surface area contributed by atoms with Crippen molar-refractivity contribution >= 4 is 27.4 Å². The maximum Gasteiger partial charge on any atom is 0.242 e. The second kappa shape index (κ2) is 6.26. The van der Waals surface area contributed by atoms with Crippen molar-refractivity contribution in [2.45, 2.75) is 23.8 Å². The first-order chi connectivity index (χ1) is 9.44. The van der Waals surface area contributed by atoms with Gasteiger partial charge in [-0.2, -0.15) is 0 Å². The third kappa shape index (κ3) is 3.41. The smallest absolute Gasteiger partial charge is 0.242 e. The van der Waals surface area contributed by atoms with E-state index >= 15 is 0 Å². The van der Waals surface area contributed by atoms with E-state index in [1.807, 2.05) is 7.05 Å². The number of nitrogens with zero attached hydrogens (tertiary/aromatic N) is 2. The first kappa shape index (κ1) is 15.5. The number of anilines is 1.